The van der Waals surface area contributed by atoms with E-state index in [1.807, 2.05) is 0 Å². The van der Waals surface area contributed by atoms with Gasteiger partial charge in [-0.1, -0.05) is 0 Å². The molecule has 0 unspecified atom stereocenters. The Labute approximate surface area is 80.9 Å². The lowest BCUT2D eigenvalue weighted by Crippen LogP contribution is -2.21. The number of carbonyl (C=O) groups excluding carboxylic acids is 3. The summed E-state index contributed by atoms with van der Waals surface area (Å²) >= 11 is 0. The Morgan fingerprint density at radius 3 is 2.21 bits per heavy atom. The molecule has 6 nitrogen and oxygen atoms in total. The summed E-state index contributed by atoms with van der Waals surface area (Å²) in [6, 6.07) is 0. The Kier molecular flexibility index (Phi) is 5.35. The van der Waals surface area contributed by atoms with Crippen LogP contribution in [0.4, 0.5) is 0 Å². The monoisotopic (exact) mass is 200 g/mol. The van der Waals surface area contributed by atoms with Gasteiger partial charge in [0.1, 0.15) is 0 Å². The van der Waals surface area contributed by atoms with E-state index in [-0.39, 0.29) is 18.7 Å². The van der Waals surface area contributed by atoms with E-state index < -0.39 is 17.7 Å². The van der Waals surface area contributed by atoms with Gasteiger partial charge in [0.25, 0.3) is 0 Å². The average Bonchev–Trinajstić information content (AvgIpc) is 2.17. The first kappa shape index (κ1) is 12.5. The van der Waals surface area contributed by atoms with Crippen LogP contribution in [-0.2, 0) is 19.1 Å². The van der Waals surface area contributed by atoms with Crippen LogP contribution >= 0.6 is 0 Å². The van der Waals surface area contributed by atoms with Gasteiger partial charge in [0, 0.05) is 5.57 Å². The van der Waals surface area contributed by atoms with Gasteiger partial charge in [-0.3, -0.25) is 9.59 Å². The summed E-state index contributed by atoms with van der Waals surface area (Å²) in [5, 5.41) is 0. The molecule has 4 N–H and O–H groups in total. The quantitative estimate of drug-likeness (QED) is 0.324. The van der Waals surface area contributed by atoms with Crippen molar-refractivity contribution in [1.82, 2.24) is 0 Å². The Hall–Kier alpha value is -1.53. The zero-order valence-corrected chi connectivity index (χ0v) is 7.78. The predicted molar refractivity (Wildman–Crippen MR) is 48.0 cm³/mol. The molecule has 6 heteroatoms. The van der Waals surface area contributed by atoms with Gasteiger partial charge < -0.3 is 16.2 Å². The summed E-state index contributed by atoms with van der Waals surface area (Å²) in [6.45, 7) is 0.763. The topological polar surface area (TPSA) is 112 Å². The molecule has 0 aromatic carbocycles. The highest BCUT2D eigenvalue weighted by Gasteiger charge is 2.11. The first-order valence-electron chi connectivity index (χ1n) is 3.87. The molecule has 0 aliphatic rings. The highest BCUT2D eigenvalue weighted by atomic mass is 16.6. The minimum atomic E-state index is -0.887. The number of ketones is 1. The van der Waals surface area contributed by atoms with Gasteiger partial charge in [-0.15, -0.1) is 0 Å². The van der Waals surface area contributed by atoms with Crippen molar-refractivity contribution in [3.63, 3.8) is 0 Å². The third-order valence-corrected chi connectivity index (χ3v) is 1.27. The van der Waals surface area contributed by atoms with E-state index in [9.17, 15) is 14.4 Å². The van der Waals surface area contributed by atoms with Crippen LogP contribution in [0.25, 0.3) is 0 Å². The van der Waals surface area contributed by atoms with Crippen LogP contribution in [-0.4, -0.2) is 30.8 Å². The molecular weight excluding hydrogens is 188 g/mol. The van der Waals surface area contributed by atoms with Gasteiger partial charge >= 0.3 is 11.9 Å². The lowest BCUT2D eigenvalue weighted by Gasteiger charge is -2.00. The molecule has 0 aromatic rings. The third-order valence-electron chi connectivity index (χ3n) is 1.27. The number of carbonyl (C=O) groups is 3. The van der Waals surface area contributed by atoms with Gasteiger partial charge in [0.2, 0.25) is 0 Å². The summed E-state index contributed by atoms with van der Waals surface area (Å²) in [5.41, 5.74) is 9.95. The van der Waals surface area contributed by atoms with Crippen LogP contribution < -0.4 is 11.5 Å². The van der Waals surface area contributed by atoms with E-state index in [0.717, 1.165) is 6.08 Å². The second-order valence-electron chi connectivity index (χ2n) is 2.46. The minimum absolute atomic E-state index is 0.0160. The number of hydrogen-bond acceptors (Lipinski definition) is 6. The SMILES string of the molecule is CC(=CC(=O)CN)C(=O)OC(=O)CN. The lowest BCUT2D eigenvalue weighted by atomic mass is 10.2. The highest BCUT2D eigenvalue weighted by molar-refractivity contribution is 6.02. The number of rotatable bonds is 4. The van der Waals surface area contributed by atoms with Crippen molar-refractivity contribution in [2.45, 2.75) is 6.92 Å². The van der Waals surface area contributed by atoms with Crippen molar-refractivity contribution in [3.05, 3.63) is 11.6 Å². The van der Waals surface area contributed by atoms with Crippen LogP contribution in [0.3, 0.4) is 0 Å². The van der Waals surface area contributed by atoms with Crippen molar-refractivity contribution < 1.29 is 19.1 Å². The fourth-order valence-electron chi connectivity index (χ4n) is 0.585. The average molecular weight is 200 g/mol. The number of hydrogen-bond donors (Lipinski definition) is 2. The standard InChI is InChI=1S/C8H12N2O4/c1-5(2-6(11)3-9)8(13)14-7(12)4-10/h2H,3-4,9-10H2,1H3. The molecule has 0 heterocycles. The lowest BCUT2D eigenvalue weighted by molar-refractivity contribution is -0.155. The molecule has 78 valence electrons. The summed E-state index contributed by atoms with van der Waals surface area (Å²) in [4.78, 5) is 32.3. The maximum atomic E-state index is 11.0. The smallest absolute Gasteiger partial charge is 0.341 e. The summed E-state index contributed by atoms with van der Waals surface area (Å²) in [5.74, 6) is -2.15. The maximum Gasteiger partial charge on any atom is 0.341 e. The molecule has 14 heavy (non-hydrogen) atoms. The maximum absolute atomic E-state index is 11.0. The first-order valence-corrected chi connectivity index (χ1v) is 3.87. The second kappa shape index (κ2) is 6.01. The van der Waals surface area contributed by atoms with Gasteiger partial charge in [-0.25, -0.2) is 4.79 Å². The summed E-state index contributed by atoms with van der Waals surface area (Å²) < 4.78 is 4.24. The van der Waals surface area contributed by atoms with Crippen LogP contribution in [0.5, 0.6) is 0 Å². The van der Waals surface area contributed by atoms with Crippen molar-refractivity contribution in [2.24, 2.45) is 11.5 Å². The largest absolute Gasteiger partial charge is 0.389 e. The zero-order valence-electron chi connectivity index (χ0n) is 7.78. The Balaban J connectivity index is 4.32. The predicted octanol–water partition coefficient (Wildman–Crippen LogP) is -1.51. The molecule has 0 fully saturated rings. The van der Waals surface area contributed by atoms with Gasteiger partial charge in [-0.2, -0.15) is 0 Å². The van der Waals surface area contributed by atoms with Gasteiger partial charge in [0.05, 0.1) is 13.1 Å². The molecule has 0 saturated carbocycles. The molecule has 0 rings (SSSR count). The van der Waals surface area contributed by atoms with E-state index >= 15 is 0 Å². The Morgan fingerprint density at radius 1 is 1.21 bits per heavy atom. The molecule has 0 atom stereocenters. The molecular formula is C8H12N2O4. The van der Waals surface area contributed by atoms with Crippen LogP contribution in [0, 0.1) is 0 Å². The van der Waals surface area contributed by atoms with E-state index in [2.05, 4.69) is 4.74 Å². The molecule has 0 bridgehead atoms. The molecule has 0 aliphatic heterocycles. The normalized spacial score (nSPS) is 10.9. The van der Waals surface area contributed by atoms with E-state index in [0.29, 0.717) is 0 Å². The molecule has 0 amide bonds. The molecule has 0 aliphatic carbocycles. The fraction of sp³-hybridized carbons (Fsp3) is 0.375. The van der Waals surface area contributed by atoms with Crippen LogP contribution in [0.1, 0.15) is 6.92 Å². The van der Waals surface area contributed by atoms with Gasteiger partial charge in [-0.05, 0) is 13.0 Å². The molecule has 0 saturated heterocycles. The molecule has 0 spiro atoms. The number of nitrogens with two attached hydrogens (primary N) is 2. The van der Waals surface area contributed by atoms with Crippen molar-refractivity contribution >= 4 is 17.7 Å². The van der Waals surface area contributed by atoms with Crippen molar-refractivity contribution in [3.8, 4) is 0 Å². The van der Waals surface area contributed by atoms with E-state index in [4.69, 9.17) is 11.5 Å². The highest BCUT2D eigenvalue weighted by Crippen LogP contribution is 1.96. The Morgan fingerprint density at radius 2 is 1.79 bits per heavy atom. The first-order chi connectivity index (χ1) is 6.51. The second-order valence-corrected chi connectivity index (χ2v) is 2.46. The van der Waals surface area contributed by atoms with Crippen LogP contribution in [0.15, 0.2) is 11.6 Å². The molecule has 0 aromatic heterocycles. The summed E-state index contributed by atoms with van der Waals surface area (Å²) in [7, 11) is 0. The van der Waals surface area contributed by atoms with E-state index in [1.54, 1.807) is 0 Å². The molecule has 0 radical (unpaired) electrons. The Bertz CT molecular complexity index is 283. The zero-order chi connectivity index (χ0) is 11.1. The van der Waals surface area contributed by atoms with Crippen molar-refractivity contribution in [2.75, 3.05) is 13.1 Å². The van der Waals surface area contributed by atoms with Crippen LogP contribution in [0.2, 0.25) is 0 Å². The van der Waals surface area contributed by atoms with Crippen molar-refractivity contribution in [1.29, 1.82) is 0 Å². The summed E-state index contributed by atoms with van der Waals surface area (Å²) in [6.07, 6.45) is 1.02. The van der Waals surface area contributed by atoms with E-state index in [1.165, 1.54) is 6.92 Å². The third kappa shape index (κ3) is 4.48. The number of esters is 2. The fourth-order valence-corrected chi connectivity index (χ4v) is 0.585. The van der Waals surface area contributed by atoms with Gasteiger partial charge in [0.15, 0.2) is 5.78 Å². The number of ether oxygens (including phenoxy) is 1. The minimum Gasteiger partial charge on any atom is -0.389 e.